The van der Waals surface area contributed by atoms with E-state index in [9.17, 15) is 23.2 Å². The highest BCUT2D eigenvalue weighted by molar-refractivity contribution is 7.07. The SMILES string of the molecule is Cc1cc(C)c(-n2c(C)csc2=NC(=O)N=CC(C#N)c2ccc(-c3ncn(-c4ccc(OC(F)(F)F)cc4)n3)cc2)c(C)c1. The van der Waals surface area contributed by atoms with Crippen molar-refractivity contribution in [2.24, 2.45) is 9.98 Å². The normalized spacial score (nSPS) is 12.8. The third-order valence-electron chi connectivity index (χ3n) is 6.76. The first-order chi connectivity index (χ1) is 21.4. The third-order valence-corrected chi connectivity index (χ3v) is 7.70. The second kappa shape index (κ2) is 12.7. The van der Waals surface area contributed by atoms with E-state index in [1.54, 1.807) is 24.3 Å². The maximum absolute atomic E-state index is 12.8. The van der Waals surface area contributed by atoms with Gasteiger partial charge in [0.2, 0.25) is 0 Å². The van der Waals surface area contributed by atoms with Gasteiger partial charge in [0, 0.05) is 22.9 Å². The topological polar surface area (TPSA) is 110 Å². The zero-order valence-corrected chi connectivity index (χ0v) is 25.4. The molecule has 45 heavy (non-hydrogen) atoms. The molecule has 1 unspecified atom stereocenters. The quantitative estimate of drug-likeness (QED) is 0.183. The van der Waals surface area contributed by atoms with Crippen LogP contribution < -0.4 is 9.54 Å². The first kappa shape index (κ1) is 31.1. The van der Waals surface area contributed by atoms with Crippen LogP contribution in [0.3, 0.4) is 0 Å². The molecule has 0 saturated heterocycles. The number of aryl methyl sites for hydroxylation is 4. The molecule has 5 aromatic rings. The van der Waals surface area contributed by atoms with Crippen molar-refractivity contribution in [3.05, 3.63) is 105 Å². The Labute approximate surface area is 260 Å². The number of thiazole rings is 1. The fourth-order valence-electron chi connectivity index (χ4n) is 4.87. The van der Waals surface area contributed by atoms with E-state index in [-0.39, 0.29) is 5.75 Å². The van der Waals surface area contributed by atoms with Crippen LogP contribution in [-0.4, -0.2) is 37.9 Å². The molecule has 2 aromatic heterocycles. The lowest BCUT2D eigenvalue weighted by atomic mass is 10.0. The number of aromatic nitrogens is 4. The number of halogens is 3. The predicted molar refractivity (Wildman–Crippen MR) is 164 cm³/mol. The molecule has 0 aliphatic carbocycles. The summed E-state index contributed by atoms with van der Waals surface area (Å²) < 4.78 is 44.5. The molecule has 0 bridgehead atoms. The first-order valence-electron chi connectivity index (χ1n) is 13.6. The number of hydrogen-bond donors (Lipinski definition) is 0. The second-order valence-electron chi connectivity index (χ2n) is 10.2. The van der Waals surface area contributed by atoms with E-state index < -0.39 is 18.3 Å². The smallest absolute Gasteiger partial charge is 0.406 e. The summed E-state index contributed by atoms with van der Waals surface area (Å²) in [5, 5.41) is 16.1. The molecule has 0 aliphatic rings. The van der Waals surface area contributed by atoms with E-state index in [1.807, 2.05) is 37.6 Å². The number of urea groups is 1. The number of alkyl halides is 3. The summed E-state index contributed by atoms with van der Waals surface area (Å²) in [4.78, 5) is 25.7. The molecule has 2 amide bonds. The number of nitriles is 1. The minimum absolute atomic E-state index is 0.342. The minimum Gasteiger partial charge on any atom is -0.406 e. The van der Waals surface area contributed by atoms with Crippen LogP contribution in [0.5, 0.6) is 5.75 Å². The number of amides is 2. The van der Waals surface area contributed by atoms with Gasteiger partial charge in [0.05, 0.1) is 17.4 Å². The molecule has 0 N–H and O–H groups in total. The van der Waals surface area contributed by atoms with Gasteiger partial charge >= 0.3 is 12.4 Å². The van der Waals surface area contributed by atoms with E-state index in [4.69, 9.17) is 0 Å². The highest BCUT2D eigenvalue weighted by Gasteiger charge is 2.31. The molecule has 0 saturated carbocycles. The number of benzene rings is 3. The molecule has 3 aromatic carbocycles. The largest absolute Gasteiger partial charge is 0.573 e. The van der Waals surface area contributed by atoms with E-state index >= 15 is 0 Å². The summed E-state index contributed by atoms with van der Waals surface area (Å²) in [6.45, 7) is 8.03. The van der Waals surface area contributed by atoms with Gasteiger partial charge in [0.1, 0.15) is 18.0 Å². The Hall–Kier alpha value is -5.35. The van der Waals surface area contributed by atoms with Crippen LogP contribution in [0.1, 0.15) is 33.9 Å². The molecule has 5 rings (SSSR count). The van der Waals surface area contributed by atoms with Gasteiger partial charge in [-0.2, -0.15) is 10.3 Å². The maximum atomic E-state index is 12.8. The molecular weight excluding hydrogens is 603 g/mol. The monoisotopic (exact) mass is 629 g/mol. The van der Waals surface area contributed by atoms with Crippen LogP contribution in [0, 0.1) is 39.0 Å². The van der Waals surface area contributed by atoms with Crippen LogP contribution >= 0.6 is 11.3 Å². The standard InChI is InChI=1S/C32H26F3N7O2S/c1-19-13-20(2)28(21(3)14-19)42-22(4)17-45-31(42)39-30(43)37-16-25(15-36)23-5-7-24(8-6-23)29-38-18-41(40-29)26-9-11-27(12-10-26)44-32(33,34)35/h5-14,16-18,25H,1-4H3. The average molecular weight is 630 g/mol. The van der Waals surface area contributed by atoms with Crippen LogP contribution in [0.15, 0.2) is 82.4 Å². The zero-order valence-electron chi connectivity index (χ0n) is 24.6. The van der Waals surface area contributed by atoms with E-state index in [0.717, 1.165) is 28.1 Å². The Bertz CT molecular complexity index is 1980. The fourth-order valence-corrected chi connectivity index (χ4v) is 5.72. The number of nitrogens with zero attached hydrogens (tertiary/aromatic N) is 7. The number of ether oxygens (including phenoxy) is 1. The number of carbonyl (C=O) groups is 1. The highest BCUT2D eigenvalue weighted by Crippen LogP contribution is 2.25. The summed E-state index contributed by atoms with van der Waals surface area (Å²) >= 11 is 1.34. The lowest BCUT2D eigenvalue weighted by molar-refractivity contribution is -0.274. The van der Waals surface area contributed by atoms with Crippen molar-refractivity contribution < 1.29 is 22.7 Å². The summed E-state index contributed by atoms with van der Waals surface area (Å²) in [5.74, 6) is -0.780. The first-order valence-corrected chi connectivity index (χ1v) is 14.5. The molecule has 9 nitrogen and oxygen atoms in total. The summed E-state index contributed by atoms with van der Waals surface area (Å²) in [6.07, 6.45) is -2.07. The summed E-state index contributed by atoms with van der Waals surface area (Å²) in [6, 6.07) is 17.7. The van der Waals surface area contributed by atoms with Gasteiger partial charge in [-0.3, -0.25) is 4.57 Å². The van der Waals surface area contributed by atoms with Crippen molar-refractivity contribution in [2.45, 2.75) is 40.0 Å². The Morgan fingerprint density at radius 2 is 1.71 bits per heavy atom. The Balaban J connectivity index is 1.30. The van der Waals surface area contributed by atoms with Gasteiger partial charge < -0.3 is 4.74 Å². The van der Waals surface area contributed by atoms with Crippen molar-refractivity contribution in [1.82, 2.24) is 19.3 Å². The lowest BCUT2D eigenvalue weighted by Crippen LogP contribution is -2.18. The number of hydrogen-bond acceptors (Lipinski definition) is 6. The van der Waals surface area contributed by atoms with E-state index in [0.29, 0.717) is 27.4 Å². The molecule has 1 atom stereocenters. The van der Waals surface area contributed by atoms with Gasteiger partial charge in [-0.25, -0.2) is 19.5 Å². The van der Waals surface area contributed by atoms with Crippen molar-refractivity contribution >= 4 is 23.6 Å². The summed E-state index contributed by atoms with van der Waals surface area (Å²) in [5.41, 5.74) is 6.92. The number of aliphatic imine (C=N–C) groups is 1. The Morgan fingerprint density at radius 3 is 2.33 bits per heavy atom. The van der Waals surface area contributed by atoms with E-state index in [1.165, 1.54) is 52.8 Å². The second-order valence-corrected chi connectivity index (χ2v) is 11.0. The third kappa shape index (κ3) is 7.25. The Kier molecular flexibility index (Phi) is 8.78. The van der Waals surface area contributed by atoms with Gasteiger partial charge in [0.25, 0.3) is 0 Å². The number of carbonyl (C=O) groups excluding carboxylic acids is 1. The predicted octanol–water partition coefficient (Wildman–Crippen LogP) is 7.32. The fraction of sp³-hybridized carbons (Fsp3) is 0.188. The molecule has 13 heteroatoms. The van der Waals surface area contributed by atoms with Crippen molar-refractivity contribution in [3.63, 3.8) is 0 Å². The molecular formula is C32H26F3N7O2S. The molecule has 228 valence electrons. The van der Waals surface area contributed by atoms with Crippen LogP contribution in [-0.2, 0) is 0 Å². The van der Waals surface area contributed by atoms with Crippen LogP contribution in [0.2, 0.25) is 0 Å². The minimum atomic E-state index is -4.78. The van der Waals surface area contributed by atoms with Gasteiger partial charge in [-0.1, -0.05) is 42.0 Å². The molecule has 0 spiro atoms. The van der Waals surface area contributed by atoms with Gasteiger partial charge in [-0.15, -0.1) is 29.6 Å². The van der Waals surface area contributed by atoms with E-state index in [2.05, 4.69) is 43.0 Å². The molecule has 0 aliphatic heterocycles. The van der Waals surface area contributed by atoms with Crippen LogP contribution in [0.25, 0.3) is 22.8 Å². The zero-order chi connectivity index (χ0) is 32.3. The van der Waals surface area contributed by atoms with Crippen molar-refractivity contribution in [3.8, 4) is 34.6 Å². The molecule has 0 fully saturated rings. The molecule has 2 heterocycles. The summed E-state index contributed by atoms with van der Waals surface area (Å²) in [7, 11) is 0. The molecule has 0 radical (unpaired) electrons. The van der Waals surface area contributed by atoms with Crippen molar-refractivity contribution in [1.29, 1.82) is 5.26 Å². The van der Waals surface area contributed by atoms with Crippen LogP contribution in [0.4, 0.5) is 18.0 Å². The lowest BCUT2D eigenvalue weighted by Gasteiger charge is -2.14. The number of rotatable bonds is 6. The highest BCUT2D eigenvalue weighted by atomic mass is 32.1. The van der Waals surface area contributed by atoms with Crippen molar-refractivity contribution in [2.75, 3.05) is 0 Å². The Morgan fingerprint density at radius 1 is 1.04 bits per heavy atom. The van der Waals surface area contributed by atoms with Gasteiger partial charge in [0.15, 0.2) is 10.6 Å². The van der Waals surface area contributed by atoms with Gasteiger partial charge in [-0.05, 0) is 68.7 Å². The maximum Gasteiger partial charge on any atom is 0.573 e. The average Bonchev–Trinajstić information content (AvgIpc) is 3.61.